The summed E-state index contributed by atoms with van der Waals surface area (Å²) < 4.78 is 18.5. The van der Waals surface area contributed by atoms with E-state index in [2.05, 4.69) is 26.3 Å². The molecule has 0 radical (unpaired) electrons. The molecule has 0 amide bonds. The summed E-state index contributed by atoms with van der Waals surface area (Å²) in [6, 6.07) is 13.9. The lowest BCUT2D eigenvalue weighted by Gasteiger charge is -2.03. The third-order valence-electron chi connectivity index (χ3n) is 5.65. The number of nitrogens with one attached hydrogen (secondary N) is 1. The first kappa shape index (κ1) is 19.4. The average Bonchev–Trinajstić information content (AvgIpc) is 3.56. The molecule has 4 heterocycles. The van der Waals surface area contributed by atoms with E-state index >= 15 is 0 Å². The summed E-state index contributed by atoms with van der Waals surface area (Å²) in [6.45, 7) is 3.23. The van der Waals surface area contributed by atoms with E-state index in [9.17, 15) is 0 Å². The Kier molecular flexibility index (Phi) is 4.68. The normalized spacial score (nSPS) is 12.9. The lowest BCUT2D eigenvalue weighted by Crippen LogP contribution is -1.96. The molecule has 8 nitrogen and oxygen atoms in total. The number of allylic oxidation sites excluding steroid dienone is 1. The van der Waals surface area contributed by atoms with Crippen LogP contribution in [0.15, 0.2) is 60.9 Å². The molecule has 6 rings (SSSR count). The van der Waals surface area contributed by atoms with Crippen molar-refractivity contribution in [3.8, 4) is 17.2 Å². The van der Waals surface area contributed by atoms with Crippen molar-refractivity contribution in [2.45, 2.75) is 20.1 Å². The molecule has 0 atom stereocenters. The predicted molar refractivity (Wildman–Crippen MR) is 124 cm³/mol. The highest BCUT2D eigenvalue weighted by Crippen LogP contribution is 2.33. The van der Waals surface area contributed by atoms with Crippen molar-refractivity contribution in [1.82, 2.24) is 25.0 Å². The Bertz CT molecular complexity index is 1500. The zero-order chi connectivity index (χ0) is 22.2. The number of fused-ring (bicyclic) bond motifs is 4. The molecule has 5 aromatic rings. The molecule has 0 unspecified atom stereocenters. The minimum absolute atomic E-state index is 0.277. The Morgan fingerprint density at radius 2 is 2.03 bits per heavy atom. The second-order valence-corrected chi connectivity index (χ2v) is 7.89. The Labute approximate surface area is 189 Å². The van der Waals surface area contributed by atoms with E-state index in [1.165, 1.54) is 5.39 Å². The summed E-state index contributed by atoms with van der Waals surface area (Å²) in [6.07, 6.45) is 7.77. The molecule has 0 saturated heterocycles. The fourth-order valence-electron chi connectivity index (χ4n) is 4.00. The molecule has 164 valence electrons. The molecule has 3 aromatic heterocycles. The molecule has 1 aliphatic rings. The van der Waals surface area contributed by atoms with Crippen molar-refractivity contribution in [3.63, 3.8) is 0 Å². The van der Waals surface area contributed by atoms with Gasteiger partial charge in [-0.25, -0.2) is 4.68 Å². The van der Waals surface area contributed by atoms with Gasteiger partial charge in [-0.05, 0) is 42.8 Å². The molecule has 8 heteroatoms. The Morgan fingerprint density at radius 3 is 3.00 bits per heavy atom. The standard InChI is InChI=1S/C25H21N5O3/c1-16-25-21(8-9-26-16)20-6-5-19(12-22(20)27-25)31-14-18-13-30(29-28-18)10-2-3-17-4-7-23-24(11-17)33-15-32-23/h2-9,11-13,27H,10,14-15H2,1H3/b3-2+. The molecule has 0 aliphatic carbocycles. The van der Waals surface area contributed by atoms with Crippen LogP contribution in [0.1, 0.15) is 17.0 Å². The highest BCUT2D eigenvalue weighted by Gasteiger charge is 2.12. The molecule has 1 N–H and O–H groups in total. The number of aromatic nitrogens is 5. The molecule has 0 spiro atoms. The number of pyridine rings is 1. The van der Waals surface area contributed by atoms with E-state index < -0.39 is 0 Å². The summed E-state index contributed by atoms with van der Waals surface area (Å²) in [5, 5.41) is 10.7. The Morgan fingerprint density at radius 1 is 1.09 bits per heavy atom. The zero-order valence-corrected chi connectivity index (χ0v) is 18.0. The minimum atomic E-state index is 0.277. The molecular formula is C25H21N5O3. The van der Waals surface area contributed by atoms with Crippen LogP contribution >= 0.6 is 0 Å². The molecule has 0 bridgehead atoms. The first-order chi connectivity index (χ1) is 16.2. The molecule has 2 aromatic carbocycles. The Balaban J connectivity index is 1.10. The van der Waals surface area contributed by atoms with Gasteiger partial charge >= 0.3 is 0 Å². The van der Waals surface area contributed by atoms with Gasteiger partial charge in [0, 0.05) is 23.0 Å². The second kappa shape index (κ2) is 7.98. The van der Waals surface area contributed by atoms with Gasteiger partial charge in [-0.15, -0.1) is 5.10 Å². The maximum atomic E-state index is 5.96. The number of ether oxygens (including phenoxy) is 3. The number of benzene rings is 2. The number of nitrogens with zero attached hydrogens (tertiary/aromatic N) is 4. The summed E-state index contributed by atoms with van der Waals surface area (Å²) in [7, 11) is 0. The molecule has 1 aliphatic heterocycles. The summed E-state index contributed by atoms with van der Waals surface area (Å²) in [5.74, 6) is 2.33. The van der Waals surface area contributed by atoms with Gasteiger partial charge in [0.1, 0.15) is 18.1 Å². The van der Waals surface area contributed by atoms with Crippen LogP contribution in [0.4, 0.5) is 0 Å². The van der Waals surface area contributed by atoms with Gasteiger partial charge in [-0.1, -0.05) is 23.4 Å². The van der Waals surface area contributed by atoms with Crippen LogP contribution in [0, 0.1) is 6.92 Å². The predicted octanol–water partition coefficient (Wildman–Crippen LogP) is 4.64. The van der Waals surface area contributed by atoms with Crippen molar-refractivity contribution < 1.29 is 14.2 Å². The first-order valence-corrected chi connectivity index (χ1v) is 10.7. The van der Waals surface area contributed by atoms with Gasteiger partial charge in [-0.3, -0.25) is 4.98 Å². The van der Waals surface area contributed by atoms with Crippen LogP contribution in [0.25, 0.3) is 27.9 Å². The highest BCUT2D eigenvalue weighted by molar-refractivity contribution is 6.08. The quantitative estimate of drug-likeness (QED) is 0.415. The van der Waals surface area contributed by atoms with Gasteiger partial charge < -0.3 is 19.2 Å². The van der Waals surface area contributed by atoms with Gasteiger partial charge in [-0.2, -0.15) is 0 Å². The number of rotatable bonds is 6. The zero-order valence-electron chi connectivity index (χ0n) is 18.0. The second-order valence-electron chi connectivity index (χ2n) is 7.89. The summed E-state index contributed by atoms with van der Waals surface area (Å²) in [4.78, 5) is 7.80. The SMILES string of the molecule is Cc1nccc2c1[nH]c1cc(OCc3cn(C/C=C/c4ccc5c(c4)OCO5)nn3)ccc12. The average molecular weight is 439 g/mol. The minimum Gasteiger partial charge on any atom is -0.487 e. The van der Waals surface area contributed by atoms with E-state index in [1.54, 1.807) is 4.68 Å². The third kappa shape index (κ3) is 3.76. The van der Waals surface area contributed by atoms with Crippen LogP contribution < -0.4 is 14.2 Å². The lowest BCUT2D eigenvalue weighted by atomic mass is 10.1. The molecule has 0 fully saturated rings. The molecular weight excluding hydrogens is 418 g/mol. The van der Waals surface area contributed by atoms with Crippen molar-refractivity contribution in [2.24, 2.45) is 0 Å². The smallest absolute Gasteiger partial charge is 0.231 e. The summed E-state index contributed by atoms with van der Waals surface area (Å²) in [5.41, 5.74) is 4.87. The fraction of sp³-hybridized carbons (Fsp3) is 0.160. The van der Waals surface area contributed by atoms with E-state index in [4.69, 9.17) is 14.2 Å². The fourth-order valence-corrected chi connectivity index (χ4v) is 4.00. The van der Waals surface area contributed by atoms with Gasteiger partial charge in [0.05, 0.1) is 29.5 Å². The number of H-pyrrole nitrogens is 1. The van der Waals surface area contributed by atoms with Crippen LogP contribution in [0.5, 0.6) is 17.2 Å². The number of aromatic amines is 1. The van der Waals surface area contributed by atoms with Crippen molar-refractivity contribution in [3.05, 3.63) is 77.9 Å². The first-order valence-electron chi connectivity index (χ1n) is 10.7. The van der Waals surface area contributed by atoms with E-state index in [0.717, 1.165) is 50.6 Å². The van der Waals surface area contributed by atoms with Crippen molar-refractivity contribution >= 4 is 27.9 Å². The monoisotopic (exact) mass is 439 g/mol. The maximum Gasteiger partial charge on any atom is 0.231 e. The molecule has 33 heavy (non-hydrogen) atoms. The molecule has 0 saturated carbocycles. The van der Waals surface area contributed by atoms with Gasteiger partial charge in [0.15, 0.2) is 11.5 Å². The van der Waals surface area contributed by atoms with Crippen LogP contribution in [-0.2, 0) is 13.2 Å². The van der Waals surface area contributed by atoms with E-state index in [-0.39, 0.29) is 6.79 Å². The lowest BCUT2D eigenvalue weighted by molar-refractivity contribution is 0.174. The van der Waals surface area contributed by atoms with Gasteiger partial charge in [0.25, 0.3) is 0 Å². The number of hydrogen-bond acceptors (Lipinski definition) is 6. The van der Waals surface area contributed by atoms with Crippen molar-refractivity contribution in [1.29, 1.82) is 0 Å². The Hall–Kier alpha value is -4.33. The highest BCUT2D eigenvalue weighted by atomic mass is 16.7. The van der Waals surface area contributed by atoms with Crippen LogP contribution in [0.2, 0.25) is 0 Å². The van der Waals surface area contributed by atoms with Gasteiger partial charge in [0.2, 0.25) is 6.79 Å². The summed E-state index contributed by atoms with van der Waals surface area (Å²) >= 11 is 0. The number of hydrogen-bond donors (Lipinski definition) is 1. The maximum absolute atomic E-state index is 5.96. The number of aryl methyl sites for hydroxylation is 1. The third-order valence-corrected chi connectivity index (χ3v) is 5.65. The largest absolute Gasteiger partial charge is 0.487 e. The van der Waals surface area contributed by atoms with E-state index in [0.29, 0.717) is 13.2 Å². The van der Waals surface area contributed by atoms with Crippen molar-refractivity contribution in [2.75, 3.05) is 6.79 Å². The van der Waals surface area contributed by atoms with Crippen LogP contribution in [0.3, 0.4) is 0 Å². The van der Waals surface area contributed by atoms with E-state index in [1.807, 2.05) is 67.9 Å². The topological polar surface area (TPSA) is 87.1 Å². The van der Waals surface area contributed by atoms with Crippen LogP contribution in [-0.4, -0.2) is 31.8 Å².